The molecule has 2 N–H and O–H groups in total. The number of anilines is 1. The van der Waals surface area contributed by atoms with Crippen molar-refractivity contribution in [2.75, 3.05) is 5.73 Å². The van der Waals surface area contributed by atoms with Gasteiger partial charge in [0, 0.05) is 10.6 Å². The number of hydrogen-bond acceptors (Lipinski definition) is 3. The molecule has 16 heavy (non-hydrogen) atoms. The number of hydrogen-bond donors (Lipinski definition) is 1. The average Bonchev–Trinajstić information content (AvgIpc) is 2.63. The fourth-order valence-corrected chi connectivity index (χ4v) is 2.85. The zero-order chi connectivity index (χ0) is 11.5. The van der Waals surface area contributed by atoms with E-state index in [4.69, 9.17) is 22.1 Å². The molecule has 1 aromatic carbocycles. The first-order chi connectivity index (χ1) is 7.65. The molecule has 2 aromatic rings. The second kappa shape index (κ2) is 5.08. The molecule has 0 aliphatic rings. The highest BCUT2D eigenvalue weighted by molar-refractivity contribution is 9.11. The van der Waals surface area contributed by atoms with Gasteiger partial charge in [-0.1, -0.05) is 11.6 Å². The van der Waals surface area contributed by atoms with Gasteiger partial charge in [-0.05, 0) is 46.3 Å². The third-order valence-electron chi connectivity index (χ3n) is 1.95. The van der Waals surface area contributed by atoms with Crippen LogP contribution >= 0.6 is 38.9 Å². The van der Waals surface area contributed by atoms with Crippen molar-refractivity contribution in [3.05, 3.63) is 44.0 Å². The highest BCUT2D eigenvalue weighted by Gasteiger charge is 2.03. The van der Waals surface area contributed by atoms with Gasteiger partial charge in [0.15, 0.2) is 0 Å². The summed E-state index contributed by atoms with van der Waals surface area (Å²) in [5.41, 5.74) is 6.23. The Balaban J connectivity index is 2.04. The molecule has 1 aromatic heterocycles. The molecule has 0 unspecified atom stereocenters. The van der Waals surface area contributed by atoms with Crippen molar-refractivity contribution in [2.45, 2.75) is 6.61 Å². The molecule has 0 aliphatic heterocycles. The van der Waals surface area contributed by atoms with Crippen LogP contribution in [-0.2, 0) is 6.61 Å². The van der Waals surface area contributed by atoms with Gasteiger partial charge in [0.05, 0.1) is 8.81 Å². The predicted molar refractivity (Wildman–Crippen MR) is 72.2 cm³/mol. The zero-order valence-electron chi connectivity index (χ0n) is 8.24. The highest BCUT2D eigenvalue weighted by atomic mass is 79.9. The highest BCUT2D eigenvalue weighted by Crippen LogP contribution is 2.28. The van der Waals surface area contributed by atoms with Crippen LogP contribution in [0.3, 0.4) is 0 Å². The van der Waals surface area contributed by atoms with Gasteiger partial charge in [0.1, 0.15) is 12.4 Å². The second-order valence-corrected chi connectivity index (χ2v) is 6.14. The minimum atomic E-state index is 0.514. The molecular weight excluding hydrogens is 310 g/mol. The quantitative estimate of drug-likeness (QED) is 0.855. The molecule has 0 saturated carbocycles. The summed E-state index contributed by atoms with van der Waals surface area (Å²) in [5.74, 6) is 0.653. The van der Waals surface area contributed by atoms with Crippen molar-refractivity contribution in [3.63, 3.8) is 0 Å². The molecule has 84 valence electrons. The van der Waals surface area contributed by atoms with Gasteiger partial charge in [0.25, 0.3) is 0 Å². The standard InChI is InChI=1S/C11H9BrClNOS/c12-11-4-2-8(16-11)6-15-10-3-1-7(14)5-9(10)13/h1-5H,6,14H2. The van der Waals surface area contributed by atoms with Gasteiger partial charge in [-0.15, -0.1) is 11.3 Å². The summed E-state index contributed by atoms with van der Waals surface area (Å²) >= 11 is 11.0. The van der Waals surface area contributed by atoms with Gasteiger partial charge in [-0.25, -0.2) is 0 Å². The van der Waals surface area contributed by atoms with Crippen molar-refractivity contribution in [1.82, 2.24) is 0 Å². The number of ether oxygens (including phenoxy) is 1. The van der Waals surface area contributed by atoms with Crippen LogP contribution < -0.4 is 10.5 Å². The Bertz CT molecular complexity index is 500. The predicted octanol–water partition coefficient (Wildman–Crippen LogP) is 4.33. The Hall–Kier alpha value is -0.710. The van der Waals surface area contributed by atoms with E-state index in [2.05, 4.69) is 15.9 Å². The summed E-state index contributed by atoms with van der Waals surface area (Å²) in [7, 11) is 0. The summed E-state index contributed by atoms with van der Waals surface area (Å²) in [6.07, 6.45) is 0. The molecule has 0 amide bonds. The van der Waals surface area contributed by atoms with Crippen LogP contribution in [-0.4, -0.2) is 0 Å². The lowest BCUT2D eigenvalue weighted by Crippen LogP contribution is -1.94. The van der Waals surface area contributed by atoms with Gasteiger partial charge in [-0.3, -0.25) is 0 Å². The molecule has 0 spiro atoms. The molecule has 5 heteroatoms. The molecule has 0 aliphatic carbocycles. The second-order valence-electron chi connectivity index (χ2n) is 3.18. The minimum Gasteiger partial charge on any atom is -0.487 e. The smallest absolute Gasteiger partial charge is 0.138 e. The Morgan fingerprint density at radius 3 is 2.75 bits per heavy atom. The third-order valence-corrected chi connectivity index (χ3v) is 3.85. The van der Waals surface area contributed by atoms with E-state index in [0.717, 1.165) is 8.66 Å². The summed E-state index contributed by atoms with van der Waals surface area (Å²) < 4.78 is 6.69. The maximum atomic E-state index is 5.99. The first-order valence-electron chi connectivity index (χ1n) is 4.57. The van der Waals surface area contributed by atoms with Crippen LogP contribution in [0.2, 0.25) is 5.02 Å². The lowest BCUT2D eigenvalue weighted by atomic mass is 10.3. The van der Waals surface area contributed by atoms with E-state index in [-0.39, 0.29) is 0 Å². The first-order valence-corrected chi connectivity index (χ1v) is 6.56. The lowest BCUT2D eigenvalue weighted by molar-refractivity contribution is 0.310. The minimum absolute atomic E-state index is 0.514. The lowest BCUT2D eigenvalue weighted by Gasteiger charge is -2.06. The van der Waals surface area contributed by atoms with Crippen molar-refractivity contribution in [1.29, 1.82) is 0 Å². The van der Waals surface area contributed by atoms with E-state index < -0.39 is 0 Å². The number of halogens is 2. The number of thiophene rings is 1. The van der Waals surface area contributed by atoms with Gasteiger partial charge in [0.2, 0.25) is 0 Å². The fourth-order valence-electron chi connectivity index (χ4n) is 1.21. The van der Waals surface area contributed by atoms with Gasteiger partial charge in [-0.2, -0.15) is 0 Å². The van der Waals surface area contributed by atoms with E-state index in [1.165, 1.54) is 0 Å². The molecule has 0 saturated heterocycles. The number of rotatable bonds is 3. The normalized spacial score (nSPS) is 10.4. The van der Waals surface area contributed by atoms with Crippen LogP contribution in [0, 0.1) is 0 Å². The molecule has 0 fully saturated rings. The largest absolute Gasteiger partial charge is 0.487 e. The van der Waals surface area contributed by atoms with Crippen LogP contribution in [0.5, 0.6) is 5.75 Å². The number of nitrogens with two attached hydrogens (primary N) is 1. The van der Waals surface area contributed by atoms with Gasteiger partial charge < -0.3 is 10.5 Å². The Morgan fingerprint density at radius 2 is 2.12 bits per heavy atom. The summed E-state index contributed by atoms with van der Waals surface area (Å²) in [5, 5.41) is 0.538. The molecular formula is C11H9BrClNOS. The number of benzene rings is 1. The third kappa shape index (κ3) is 2.90. The molecule has 0 bridgehead atoms. The Morgan fingerprint density at radius 1 is 1.31 bits per heavy atom. The molecule has 2 rings (SSSR count). The first kappa shape index (κ1) is 11.8. The van der Waals surface area contributed by atoms with Crippen molar-refractivity contribution < 1.29 is 4.74 Å². The Kier molecular flexibility index (Phi) is 3.74. The van der Waals surface area contributed by atoms with Crippen molar-refractivity contribution in [3.8, 4) is 5.75 Å². The fraction of sp³-hybridized carbons (Fsp3) is 0.0909. The SMILES string of the molecule is Nc1ccc(OCc2ccc(Br)s2)c(Cl)c1. The van der Waals surface area contributed by atoms with Crippen LogP contribution in [0.4, 0.5) is 5.69 Å². The van der Waals surface area contributed by atoms with E-state index >= 15 is 0 Å². The van der Waals surface area contributed by atoms with Crippen molar-refractivity contribution in [2.24, 2.45) is 0 Å². The van der Waals surface area contributed by atoms with Crippen LogP contribution in [0.25, 0.3) is 0 Å². The van der Waals surface area contributed by atoms with E-state index in [9.17, 15) is 0 Å². The van der Waals surface area contributed by atoms with E-state index in [0.29, 0.717) is 23.1 Å². The zero-order valence-corrected chi connectivity index (χ0v) is 11.4. The topological polar surface area (TPSA) is 35.2 Å². The summed E-state index contributed by atoms with van der Waals surface area (Å²) in [6.45, 7) is 0.514. The molecule has 0 atom stereocenters. The van der Waals surface area contributed by atoms with Crippen molar-refractivity contribution >= 4 is 44.6 Å². The summed E-state index contributed by atoms with van der Waals surface area (Å²) in [6, 6.07) is 9.24. The maximum Gasteiger partial charge on any atom is 0.138 e. The molecule has 2 nitrogen and oxygen atoms in total. The van der Waals surface area contributed by atoms with Gasteiger partial charge >= 0.3 is 0 Å². The molecule has 1 heterocycles. The monoisotopic (exact) mass is 317 g/mol. The van der Waals surface area contributed by atoms with E-state index in [1.807, 2.05) is 12.1 Å². The maximum absolute atomic E-state index is 5.99. The average molecular weight is 319 g/mol. The van der Waals surface area contributed by atoms with E-state index in [1.54, 1.807) is 29.5 Å². The van der Waals surface area contributed by atoms with Crippen LogP contribution in [0.15, 0.2) is 34.1 Å². The number of nitrogen functional groups attached to an aromatic ring is 1. The molecule has 0 radical (unpaired) electrons. The summed E-state index contributed by atoms with van der Waals surface area (Å²) in [4.78, 5) is 1.14. The Labute approximate surface area is 111 Å². The van der Waals surface area contributed by atoms with Crippen LogP contribution in [0.1, 0.15) is 4.88 Å².